The molecule has 2 heterocycles. The normalized spacial score (nSPS) is 23.2. The van der Waals surface area contributed by atoms with Gasteiger partial charge in [0.2, 0.25) is 41.4 Å². The van der Waals surface area contributed by atoms with Gasteiger partial charge in [-0.2, -0.15) is 0 Å². The monoisotopic (exact) mass is 994 g/mol. The largest absolute Gasteiger partial charge is 0.348 e. The molecule has 0 spiro atoms. The Hall–Kier alpha value is -5.94. The van der Waals surface area contributed by atoms with Gasteiger partial charge < -0.3 is 47.0 Å². The maximum Gasteiger partial charge on any atom is 0.246 e. The van der Waals surface area contributed by atoms with Crippen molar-refractivity contribution < 1.29 is 38.4 Å². The zero-order chi connectivity index (χ0) is 51.9. The first-order valence-corrected chi connectivity index (χ1v) is 26.4. The molecule has 17 nitrogen and oxygen atoms in total. The summed E-state index contributed by atoms with van der Waals surface area (Å²) in [5.74, 6) is -3.70. The van der Waals surface area contributed by atoms with Gasteiger partial charge in [0.05, 0.1) is 24.2 Å². The highest BCUT2D eigenvalue weighted by Crippen LogP contribution is 2.33. The molecular weight excluding hydrogens is 915 g/mol. The average Bonchev–Trinajstić information content (AvgIpc) is 4.03. The molecule has 2 saturated heterocycles. The van der Waals surface area contributed by atoms with Crippen molar-refractivity contribution in [3.8, 4) is 0 Å². The molecule has 0 unspecified atom stereocenters. The molecule has 0 aromatic heterocycles. The minimum Gasteiger partial charge on any atom is -0.348 e. The average molecular weight is 994 g/mol. The van der Waals surface area contributed by atoms with Crippen molar-refractivity contribution in [2.24, 2.45) is 17.8 Å². The lowest BCUT2D eigenvalue weighted by Gasteiger charge is -2.35. The van der Waals surface area contributed by atoms with Crippen LogP contribution >= 0.6 is 0 Å². The van der Waals surface area contributed by atoms with Crippen molar-refractivity contribution in [1.82, 2.24) is 47.0 Å². The zero-order valence-electron chi connectivity index (χ0n) is 43.1. The molecule has 0 bridgehead atoms. The van der Waals surface area contributed by atoms with Crippen molar-refractivity contribution in [2.45, 2.75) is 166 Å². The zero-order valence-corrected chi connectivity index (χ0v) is 43.1. The highest BCUT2D eigenvalue weighted by atomic mass is 16.2. The Morgan fingerprint density at radius 3 is 1.43 bits per heavy atom. The van der Waals surface area contributed by atoms with Gasteiger partial charge in [-0.15, -0.1) is 0 Å². The predicted octanol–water partition coefficient (Wildman–Crippen LogP) is 3.91. The molecule has 2 aliphatic heterocycles. The third-order valence-corrected chi connectivity index (χ3v) is 15.5. The van der Waals surface area contributed by atoms with E-state index in [0.717, 1.165) is 81.4 Å². The number of hydrogen-bond acceptors (Lipinski definition) is 10. The summed E-state index contributed by atoms with van der Waals surface area (Å²) < 4.78 is 0. The van der Waals surface area contributed by atoms with Crippen molar-refractivity contribution in [3.05, 3.63) is 83.9 Å². The summed E-state index contributed by atoms with van der Waals surface area (Å²) >= 11 is 0. The van der Waals surface area contributed by atoms with E-state index in [4.69, 9.17) is 0 Å². The second-order valence-corrected chi connectivity index (χ2v) is 20.6. The number of allylic oxidation sites excluding steroid dienone is 1. The molecule has 10 atom stereocenters. The number of nitrogens with zero attached hydrogens (tertiary/aromatic N) is 2. The van der Waals surface area contributed by atoms with Gasteiger partial charge in [-0.3, -0.25) is 38.4 Å². The van der Waals surface area contributed by atoms with E-state index in [-0.39, 0.29) is 97.5 Å². The van der Waals surface area contributed by atoms with E-state index in [0.29, 0.717) is 0 Å². The Morgan fingerprint density at radius 2 is 0.986 bits per heavy atom. The second kappa shape index (κ2) is 26.7. The number of likely N-dealkylation sites (tertiary alicyclic amines) is 2. The summed E-state index contributed by atoms with van der Waals surface area (Å²) in [6, 6.07) is 12.9. The molecule has 72 heavy (non-hydrogen) atoms. The highest BCUT2D eigenvalue weighted by Gasteiger charge is 2.46. The molecule has 2 aromatic rings. The van der Waals surface area contributed by atoms with Crippen molar-refractivity contribution >= 4 is 47.1 Å². The Labute approximate surface area is 425 Å². The quantitative estimate of drug-likeness (QED) is 0.0893. The summed E-state index contributed by atoms with van der Waals surface area (Å²) in [6.07, 6.45) is 11.4. The lowest BCUT2D eigenvalue weighted by molar-refractivity contribution is -0.143. The SMILES string of the molecule is CN[C@@H](C)C(=O)N[C@H](C(=O)N1C[C@@H](CC(=O)/C=C/C(=O)N[C@H]2C[C@@H](C(=O)N[C@H](C)c3ccccc3)N(C(=O)[C@@H](NC(=O)[C@H](C)NC)C3CCCCC3)C2)C[C@H]1C(=O)N[C@H](C)c1ccccc1)C1CCCCC1. The van der Waals surface area contributed by atoms with Gasteiger partial charge in [-0.1, -0.05) is 99.2 Å². The molecule has 6 rings (SSSR count). The molecule has 2 saturated carbocycles. The minimum atomic E-state index is -0.948. The number of hydrogen-bond donors (Lipinski definition) is 7. The Bertz CT molecular complexity index is 2060. The van der Waals surface area contributed by atoms with Crippen molar-refractivity contribution in [3.63, 3.8) is 0 Å². The molecule has 0 radical (unpaired) electrons. The molecule has 392 valence electrons. The van der Waals surface area contributed by atoms with Crippen molar-refractivity contribution in [1.29, 1.82) is 0 Å². The van der Waals surface area contributed by atoms with Gasteiger partial charge >= 0.3 is 0 Å². The third-order valence-electron chi connectivity index (χ3n) is 15.5. The standard InChI is InChI=1S/C55H79N9O8/c1-34(39-19-11-7-12-20-39)58-52(69)45-30-38(32-63(45)54(71)48(41-23-15-9-16-24-41)61-50(67)36(3)56-5)29-44(65)27-28-47(66)60-43-31-46(53(70)59-35(2)40-21-13-8-14-22-40)64(33-43)55(72)49(42-25-17-10-18-26-42)62-51(68)37(4)57-6/h7-8,11-14,19-22,27-28,34-38,41-43,45-46,48-49,56-57H,9-10,15-18,23-26,29-33H2,1-6H3,(H,58,69)(H,59,70)(H,60,66)(H,61,67)(H,62,68)/b28-27+/t34-,35-,36+,37+,38+,43+,45+,46+,48+,49+/m1/s1. The number of likely N-dealkylation sites (N-methyl/N-ethyl adjacent to an activating group) is 2. The van der Waals surface area contributed by atoms with E-state index in [1.807, 2.05) is 74.5 Å². The van der Waals surface area contributed by atoms with Gasteiger partial charge in [0.1, 0.15) is 24.2 Å². The molecule has 7 amide bonds. The van der Waals surface area contributed by atoms with Gasteiger partial charge in [0.15, 0.2) is 5.78 Å². The first kappa shape index (κ1) is 55.4. The van der Waals surface area contributed by atoms with E-state index in [2.05, 4.69) is 37.2 Å². The van der Waals surface area contributed by atoms with Crippen molar-refractivity contribution in [2.75, 3.05) is 27.2 Å². The first-order chi connectivity index (χ1) is 34.6. The topological polar surface area (TPSA) is 227 Å². The fourth-order valence-corrected chi connectivity index (χ4v) is 10.9. The van der Waals surface area contributed by atoms with Crippen LogP contribution < -0.4 is 37.2 Å². The molecule has 17 heteroatoms. The first-order valence-electron chi connectivity index (χ1n) is 26.4. The fourth-order valence-electron chi connectivity index (χ4n) is 10.9. The maximum atomic E-state index is 14.7. The third kappa shape index (κ3) is 14.8. The van der Waals surface area contributed by atoms with E-state index in [9.17, 15) is 38.4 Å². The second-order valence-electron chi connectivity index (χ2n) is 20.6. The minimum absolute atomic E-state index is 0.0132. The Balaban J connectivity index is 1.16. The fraction of sp³-hybridized carbons (Fsp3) is 0.600. The molecule has 4 fully saturated rings. The number of rotatable bonds is 21. The van der Waals surface area contributed by atoms with Crippen LogP contribution in [0.1, 0.15) is 134 Å². The van der Waals surface area contributed by atoms with Crippen LogP contribution in [0, 0.1) is 17.8 Å². The van der Waals surface area contributed by atoms with Crippen LogP contribution in [0.4, 0.5) is 0 Å². The van der Waals surface area contributed by atoms with Gasteiger partial charge in [0.25, 0.3) is 0 Å². The molecule has 2 aromatic carbocycles. The smallest absolute Gasteiger partial charge is 0.246 e. The van der Waals surface area contributed by atoms with E-state index >= 15 is 0 Å². The summed E-state index contributed by atoms with van der Waals surface area (Å²) in [4.78, 5) is 115. The van der Waals surface area contributed by atoms with Crippen LogP contribution in [0.2, 0.25) is 0 Å². The lowest BCUT2D eigenvalue weighted by Crippen LogP contribution is -2.58. The lowest BCUT2D eigenvalue weighted by atomic mass is 9.83. The molecule has 7 N–H and O–H groups in total. The molecular formula is C55H79N9O8. The van der Waals surface area contributed by atoms with Crippen LogP contribution in [0.3, 0.4) is 0 Å². The maximum absolute atomic E-state index is 14.7. The number of benzene rings is 2. The summed E-state index contributed by atoms with van der Waals surface area (Å²) in [7, 11) is 3.35. The van der Waals surface area contributed by atoms with Crippen LogP contribution in [0.5, 0.6) is 0 Å². The van der Waals surface area contributed by atoms with Crippen LogP contribution in [-0.2, 0) is 38.4 Å². The van der Waals surface area contributed by atoms with E-state index in [1.165, 1.54) is 15.9 Å². The van der Waals surface area contributed by atoms with Gasteiger partial charge in [0, 0.05) is 31.6 Å². The summed E-state index contributed by atoms with van der Waals surface area (Å²) in [5, 5.41) is 21.0. The number of ketones is 1. The number of nitrogens with one attached hydrogen (secondary N) is 7. The Kier molecular flexibility index (Phi) is 20.5. The summed E-state index contributed by atoms with van der Waals surface area (Å²) in [6.45, 7) is 7.30. The predicted molar refractivity (Wildman–Crippen MR) is 274 cm³/mol. The molecule has 4 aliphatic rings. The number of carbonyl (C=O) groups is 8. The highest BCUT2D eigenvalue weighted by molar-refractivity contribution is 5.99. The van der Waals surface area contributed by atoms with Gasteiger partial charge in [-0.25, -0.2) is 0 Å². The molecule has 2 aliphatic carbocycles. The van der Waals surface area contributed by atoms with E-state index in [1.54, 1.807) is 27.9 Å². The van der Waals surface area contributed by atoms with Crippen LogP contribution in [-0.4, -0.2) is 126 Å². The summed E-state index contributed by atoms with van der Waals surface area (Å²) in [5.41, 5.74) is 1.78. The van der Waals surface area contributed by atoms with E-state index < -0.39 is 54.1 Å². The number of amides is 7. The van der Waals surface area contributed by atoms with Crippen LogP contribution in [0.15, 0.2) is 72.8 Å². The number of carbonyl (C=O) groups excluding carboxylic acids is 8. The van der Waals surface area contributed by atoms with Gasteiger partial charge in [-0.05, 0) is 115 Å². The van der Waals surface area contributed by atoms with Crippen LogP contribution in [0.25, 0.3) is 0 Å². The Morgan fingerprint density at radius 1 is 0.556 bits per heavy atom.